The lowest BCUT2D eigenvalue weighted by Gasteiger charge is -2.03. The Morgan fingerprint density at radius 3 is 2.65 bits per heavy atom. The lowest BCUT2D eigenvalue weighted by molar-refractivity contribution is 0.602. The molecule has 0 aliphatic rings. The molecule has 0 fully saturated rings. The minimum absolute atomic E-state index is 0.0963. The maximum atomic E-state index is 13.4. The van der Waals surface area contributed by atoms with Crippen molar-refractivity contribution in [1.82, 2.24) is 4.98 Å². The quantitative estimate of drug-likeness (QED) is 0.647. The zero-order valence-corrected chi connectivity index (χ0v) is 9.67. The number of nitrogens with two attached hydrogens (primary N) is 1. The first kappa shape index (κ1) is 11.6. The molecule has 0 aliphatic carbocycles. The van der Waals surface area contributed by atoms with Crippen molar-refractivity contribution in [2.45, 2.75) is 9.92 Å². The van der Waals surface area contributed by atoms with Crippen LogP contribution in [0.5, 0.6) is 0 Å². The fourth-order valence-corrected chi connectivity index (χ4v) is 2.09. The summed E-state index contributed by atoms with van der Waals surface area (Å²) in [7, 11) is 0. The molecule has 17 heavy (non-hydrogen) atoms. The molecule has 1 heterocycles. The molecule has 1 aromatic heterocycles. The molecule has 1 aromatic carbocycles. The molecule has 0 radical (unpaired) electrons. The van der Waals surface area contributed by atoms with Crippen LogP contribution in [0, 0.1) is 11.2 Å². The Labute approximate surface area is 102 Å². The van der Waals surface area contributed by atoms with E-state index in [0.717, 1.165) is 0 Å². The summed E-state index contributed by atoms with van der Waals surface area (Å²) >= 11 is 1.21. The van der Waals surface area contributed by atoms with Crippen LogP contribution in [-0.2, 0) is 0 Å². The van der Waals surface area contributed by atoms with Crippen molar-refractivity contribution in [2.24, 2.45) is 5.73 Å². The molecule has 0 saturated heterocycles. The number of rotatable bonds is 3. The van der Waals surface area contributed by atoms with Gasteiger partial charge in [-0.25, -0.2) is 9.37 Å². The number of hydrogen-bond acceptors (Lipinski definition) is 3. The van der Waals surface area contributed by atoms with Gasteiger partial charge in [0.1, 0.15) is 22.4 Å². The smallest absolute Gasteiger partial charge is 0.141 e. The molecule has 2 rings (SSSR count). The van der Waals surface area contributed by atoms with E-state index >= 15 is 0 Å². The van der Waals surface area contributed by atoms with Crippen molar-refractivity contribution in [2.75, 3.05) is 0 Å². The number of benzene rings is 1. The van der Waals surface area contributed by atoms with Gasteiger partial charge in [0, 0.05) is 4.90 Å². The van der Waals surface area contributed by atoms with Crippen molar-refractivity contribution in [3.8, 4) is 0 Å². The summed E-state index contributed by atoms with van der Waals surface area (Å²) in [5.74, 6) is -0.381. The van der Waals surface area contributed by atoms with Crippen molar-refractivity contribution < 1.29 is 4.39 Å². The minimum Gasteiger partial charge on any atom is -0.382 e. The highest BCUT2D eigenvalue weighted by Crippen LogP contribution is 2.27. The number of amidine groups is 1. The number of pyridine rings is 1. The predicted molar refractivity (Wildman–Crippen MR) is 65.8 cm³/mol. The van der Waals surface area contributed by atoms with Crippen LogP contribution in [-0.4, -0.2) is 10.8 Å². The van der Waals surface area contributed by atoms with E-state index in [1.165, 1.54) is 17.8 Å². The second kappa shape index (κ2) is 4.97. The van der Waals surface area contributed by atoms with Crippen LogP contribution in [0.2, 0.25) is 0 Å². The van der Waals surface area contributed by atoms with Gasteiger partial charge in [0.15, 0.2) is 0 Å². The molecule has 3 nitrogen and oxygen atoms in total. The molecule has 0 atom stereocenters. The SMILES string of the molecule is N=C(N)c1cccc(Sc2ccccc2F)n1. The van der Waals surface area contributed by atoms with E-state index in [2.05, 4.69) is 4.98 Å². The maximum absolute atomic E-state index is 13.4. The summed E-state index contributed by atoms with van der Waals surface area (Å²) in [5, 5.41) is 7.90. The standard InChI is InChI=1S/C12H10FN3S/c13-8-4-1-2-6-10(8)17-11-7-3-5-9(16-11)12(14)15/h1-7H,(H3,14,15). The van der Waals surface area contributed by atoms with E-state index < -0.39 is 0 Å². The molecule has 0 amide bonds. The van der Waals surface area contributed by atoms with Crippen LogP contribution in [0.3, 0.4) is 0 Å². The van der Waals surface area contributed by atoms with Gasteiger partial charge in [-0.15, -0.1) is 0 Å². The summed E-state index contributed by atoms with van der Waals surface area (Å²) < 4.78 is 13.4. The Morgan fingerprint density at radius 1 is 1.18 bits per heavy atom. The number of nitrogens with zero attached hydrogens (tertiary/aromatic N) is 1. The molecular weight excluding hydrogens is 237 g/mol. The van der Waals surface area contributed by atoms with Crippen LogP contribution in [0.4, 0.5) is 4.39 Å². The van der Waals surface area contributed by atoms with Crippen LogP contribution in [0.15, 0.2) is 52.4 Å². The zero-order valence-electron chi connectivity index (χ0n) is 8.85. The van der Waals surface area contributed by atoms with Gasteiger partial charge in [-0.05, 0) is 24.3 Å². The Morgan fingerprint density at radius 2 is 1.94 bits per heavy atom. The highest BCUT2D eigenvalue weighted by atomic mass is 32.2. The summed E-state index contributed by atoms with van der Waals surface area (Å²) in [5.41, 5.74) is 5.74. The lowest BCUT2D eigenvalue weighted by Crippen LogP contribution is -2.12. The molecule has 0 saturated carbocycles. The van der Waals surface area contributed by atoms with E-state index in [9.17, 15) is 4.39 Å². The van der Waals surface area contributed by atoms with Crippen molar-refractivity contribution in [1.29, 1.82) is 5.41 Å². The normalized spacial score (nSPS) is 10.2. The van der Waals surface area contributed by atoms with E-state index in [4.69, 9.17) is 11.1 Å². The van der Waals surface area contributed by atoms with Gasteiger partial charge >= 0.3 is 0 Å². The summed E-state index contributed by atoms with van der Waals surface area (Å²) in [6.45, 7) is 0. The zero-order chi connectivity index (χ0) is 12.3. The first-order chi connectivity index (χ1) is 8.16. The van der Waals surface area contributed by atoms with Crippen LogP contribution in [0.1, 0.15) is 5.69 Å². The molecule has 3 N–H and O–H groups in total. The molecule has 2 aromatic rings. The highest BCUT2D eigenvalue weighted by Gasteiger charge is 2.05. The molecule has 0 bridgehead atoms. The Balaban J connectivity index is 2.28. The van der Waals surface area contributed by atoms with Crippen molar-refractivity contribution in [3.63, 3.8) is 0 Å². The average molecular weight is 247 g/mol. The lowest BCUT2D eigenvalue weighted by atomic mass is 10.3. The van der Waals surface area contributed by atoms with Crippen LogP contribution < -0.4 is 5.73 Å². The number of halogens is 1. The van der Waals surface area contributed by atoms with Crippen LogP contribution >= 0.6 is 11.8 Å². The molecule has 0 aliphatic heterocycles. The highest BCUT2D eigenvalue weighted by molar-refractivity contribution is 7.99. The number of aromatic nitrogens is 1. The Kier molecular flexibility index (Phi) is 3.39. The predicted octanol–water partition coefficient (Wildman–Crippen LogP) is 2.66. The van der Waals surface area contributed by atoms with Gasteiger partial charge < -0.3 is 5.73 Å². The monoisotopic (exact) mass is 247 g/mol. The number of hydrogen-bond donors (Lipinski definition) is 2. The number of nitrogens with one attached hydrogen (secondary N) is 1. The number of nitrogen functional groups attached to an aromatic ring is 1. The van der Waals surface area contributed by atoms with Gasteiger partial charge in [-0.1, -0.05) is 30.0 Å². The van der Waals surface area contributed by atoms with Gasteiger partial charge in [-0.2, -0.15) is 0 Å². The third-order valence-electron chi connectivity index (χ3n) is 2.05. The van der Waals surface area contributed by atoms with Gasteiger partial charge in [0.05, 0.1) is 0 Å². The van der Waals surface area contributed by atoms with Crippen LogP contribution in [0.25, 0.3) is 0 Å². The van der Waals surface area contributed by atoms with Gasteiger partial charge in [0.25, 0.3) is 0 Å². The van der Waals surface area contributed by atoms with Gasteiger partial charge in [-0.3, -0.25) is 5.41 Å². The maximum Gasteiger partial charge on any atom is 0.141 e. The molecule has 0 unspecified atom stereocenters. The first-order valence-electron chi connectivity index (χ1n) is 4.90. The van der Waals surface area contributed by atoms with Gasteiger partial charge in [0.2, 0.25) is 0 Å². The Bertz CT molecular complexity index is 557. The van der Waals surface area contributed by atoms with E-state index in [-0.39, 0.29) is 11.7 Å². The second-order valence-electron chi connectivity index (χ2n) is 3.31. The fourth-order valence-electron chi connectivity index (χ4n) is 1.26. The van der Waals surface area contributed by atoms with E-state index in [0.29, 0.717) is 15.6 Å². The summed E-state index contributed by atoms with van der Waals surface area (Å²) in [6.07, 6.45) is 0. The van der Waals surface area contributed by atoms with E-state index in [1.54, 1.807) is 36.4 Å². The van der Waals surface area contributed by atoms with E-state index in [1.807, 2.05) is 0 Å². The molecular formula is C12H10FN3S. The third kappa shape index (κ3) is 2.82. The molecule has 86 valence electrons. The largest absolute Gasteiger partial charge is 0.382 e. The van der Waals surface area contributed by atoms with Crippen molar-refractivity contribution in [3.05, 3.63) is 54.0 Å². The molecule has 5 heteroatoms. The first-order valence-corrected chi connectivity index (χ1v) is 5.72. The third-order valence-corrected chi connectivity index (χ3v) is 3.04. The summed E-state index contributed by atoms with van der Waals surface area (Å²) in [4.78, 5) is 4.66. The Hall–Kier alpha value is -1.88. The minimum atomic E-state index is -0.285. The second-order valence-corrected chi connectivity index (χ2v) is 4.37. The van der Waals surface area contributed by atoms with Crippen molar-refractivity contribution >= 4 is 17.6 Å². The molecule has 0 spiro atoms. The average Bonchev–Trinajstić information content (AvgIpc) is 2.32. The topological polar surface area (TPSA) is 62.8 Å². The fraction of sp³-hybridized carbons (Fsp3) is 0. The summed E-state index contributed by atoms with van der Waals surface area (Å²) in [6, 6.07) is 11.6.